The Bertz CT molecular complexity index is 711. The lowest BCUT2D eigenvalue weighted by molar-refractivity contribution is -0.137. The van der Waals surface area contributed by atoms with Gasteiger partial charge in [-0.05, 0) is 42.3 Å². The average Bonchev–Trinajstić information content (AvgIpc) is 2.47. The Labute approximate surface area is 126 Å². The van der Waals surface area contributed by atoms with Crippen LogP contribution in [0.15, 0.2) is 53.4 Å². The van der Waals surface area contributed by atoms with Gasteiger partial charge in [-0.25, -0.2) is 13.1 Å². The van der Waals surface area contributed by atoms with E-state index in [0.717, 1.165) is 29.8 Å². The fraction of sp³-hybridized carbons (Fsp3) is 0.200. The lowest BCUT2D eigenvalue weighted by Gasteiger charge is -2.09. The quantitative estimate of drug-likeness (QED) is 0.917. The highest BCUT2D eigenvalue weighted by Gasteiger charge is 2.30. The first kappa shape index (κ1) is 16.5. The van der Waals surface area contributed by atoms with Crippen molar-refractivity contribution in [3.8, 4) is 0 Å². The number of hydrogen-bond donors (Lipinski definition) is 1. The van der Waals surface area contributed by atoms with E-state index in [1.165, 1.54) is 0 Å². The van der Waals surface area contributed by atoms with Crippen molar-refractivity contribution in [3.63, 3.8) is 0 Å². The molecule has 0 saturated heterocycles. The van der Waals surface area contributed by atoms with Gasteiger partial charge in [0.15, 0.2) is 0 Å². The molecule has 22 heavy (non-hydrogen) atoms. The topological polar surface area (TPSA) is 46.2 Å². The standard InChI is InChI=1S/C15H13F3NO2S/c16-15(17,18)13-6-8-14(9-7-13)22(20,21)19-11-10-12-4-2-1-3-5-12/h2-9,19H,10-11H2. The molecule has 1 N–H and O–H groups in total. The van der Waals surface area contributed by atoms with Gasteiger partial charge in [-0.2, -0.15) is 13.2 Å². The highest BCUT2D eigenvalue weighted by Crippen LogP contribution is 2.29. The van der Waals surface area contributed by atoms with Gasteiger partial charge in [0.2, 0.25) is 10.0 Å². The van der Waals surface area contributed by atoms with Crippen LogP contribution >= 0.6 is 0 Å². The maximum absolute atomic E-state index is 12.4. The van der Waals surface area contributed by atoms with Crippen LogP contribution in [-0.4, -0.2) is 15.0 Å². The first-order valence-electron chi connectivity index (χ1n) is 6.41. The summed E-state index contributed by atoms with van der Waals surface area (Å²) in [4.78, 5) is -0.193. The van der Waals surface area contributed by atoms with Gasteiger partial charge in [0.05, 0.1) is 10.5 Å². The van der Waals surface area contributed by atoms with Crippen LogP contribution in [0.4, 0.5) is 13.2 Å². The fourth-order valence-corrected chi connectivity index (χ4v) is 2.86. The van der Waals surface area contributed by atoms with Gasteiger partial charge in [0, 0.05) is 6.54 Å². The molecule has 7 heteroatoms. The van der Waals surface area contributed by atoms with Crippen LogP contribution in [-0.2, 0) is 22.6 Å². The number of rotatable bonds is 5. The van der Waals surface area contributed by atoms with E-state index in [0.29, 0.717) is 6.42 Å². The van der Waals surface area contributed by atoms with Crippen molar-refractivity contribution in [2.45, 2.75) is 17.5 Å². The normalized spacial score (nSPS) is 12.3. The Balaban J connectivity index is 2.01. The second-order valence-electron chi connectivity index (χ2n) is 4.58. The Morgan fingerprint density at radius 1 is 1.00 bits per heavy atom. The molecule has 0 heterocycles. The highest BCUT2D eigenvalue weighted by molar-refractivity contribution is 7.89. The summed E-state index contributed by atoms with van der Waals surface area (Å²) < 4.78 is 63.6. The SMILES string of the molecule is O=S(=O)(NCCc1cc[c]cc1)c1ccc(C(F)(F)F)cc1. The highest BCUT2D eigenvalue weighted by atomic mass is 32.2. The van der Waals surface area contributed by atoms with Crippen LogP contribution in [0.3, 0.4) is 0 Å². The molecule has 0 atom stereocenters. The van der Waals surface area contributed by atoms with Gasteiger partial charge in [0.25, 0.3) is 0 Å². The molecule has 0 aliphatic carbocycles. The fourth-order valence-electron chi connectivity index (χ4n) is 1.82. The van der Waals surface area contributed by atoms with E-state index in [2.05, 4.69) is 10.8 Å². The molecule has 117 valence electrons. The minimum atomic E-state index is -4.49. The van der Waals surface area contributed by atoms with E-state index in [-0.39, 0.29) is 11.4 Å². The molecule has 0 aliphatic rings. The van der Waals surface area contributed by atoms with Crippen molar-refractivity contribution in [2.24, 2.45) is 0 Å². The molecule has 2 aromatic carbocycles. The zero-order valence-electron chi connectivity index (χ0n) is 11.4. The molecule has 3 nitrogen and oxygen atoms in total. The molecule has 0 aromatic heterocycles. The summed E-state index contributed by atoms with van der Waals surface area (Å²) in [6.07, 6.45) is -4.01. The second-order valence-corrected chi connectivity index (χ2v) is 6.35. The van der Waals surface area contributed by atoms with Gasteiger partial charge in [-0.1, -0.05) is 24.3 Å². The number of sulfonamides is 1. The Kier molecular flexibility index (Phi) is 4.87. The molecule has 2 rings (SSSR count). The van der Waals surface area contributed by atoms with Crippen LogP contribution < -0.4 is 4.72 Å². The Hall–Kier alpha value is -1.86. The van der Waals surface area contributed by atoms with Gasteiger partial charge in [-0.15, -0.1) is 0 Å². The number of benzene rings is 2. The van der Waals surface area contributed by atoms with Crippen LogP contribution in [0.5, 0.6) is 0 Å². The summed E-state index contributed by atoms with van der Waals surface area (Å²) in [5.74, 6) is 0. The summed E-state index contributed by atoms with van der Waals surface area (Å²) in [5.41, 5.74) is 0.0563. The predicted molar refractivity (Wildman–Crippen MR) is 75.6 cm³/mol. The summed E-state index contributed by atoms with van der Waals surface area (Å²) >= 11 is 0. The van der Waals surface area contributed by atoms with Crippen molar-refractivity contribution >= 4 is 10.0 Å². The van der Waals surface area contributed by atoms with E-state index < -0.39 is 21.8 Å². The first-order chi connectivity index (χ1) is 10.3. The van der Waals surface area contributed by atoms with Crippen molar-refractivity contribution in [1.82, 2.24) is 4.72 Å². The minimum Gasteiger partial charge on any atom is -0.211 e. The molecule has 0 unspecified atom stereocenters. The largest absolute Gasteiger partial charge is 0.416 e. The summed E-state index contributed by atoms with van der Waals surface area (Å²) in [7, 11) is -3.82. The zero-order valence-corrected chi connectivity index (χ0v) is 12.2. The van der Waals surface area contributed by atoms with Gasteiger partial charge >= 0.3 is 6.18 Å². The number of alkyl halides is 3. The summed E-state index contributed by atoms with van der Waals surface area (Å²) in [6.45, 7) is 0.160. The first-order valence-corrected chi connectivity index (χ1v) is 7.89. The molecule has 2 aromatic rings. The molecule has 0 aliphatic heterocycles. The van der Waals surface area contributed by atoms with Crippen LogP contribution in [0.25, 0.3) is 0 Å². The average molecular weight is 328 g/mol. The summed E-state index contributed by atoms with van der Waals surface area (Å²) in [6, 6.07) is 13.3. The molecular formula is C15H13F3NO2S. The van der Waals surface area contributed by atoms with Crippen molar-refractivity contribution < 1.29 is 21.6 Å². The molecular weight excluding hydrogens is 315 g/mol. The van der Waals surface area contributed by atoms with Gasteiger partial charge in [-0.3, -0.25) is 0 Å². The van der Waals surface area contributed by atoms with E-state index in [4.69, 9.17) is 0 Å². The van der Waals surface area contributed by atoms with Gasteiger partial charge in [0.1, 0.15) is 0 Å². The van der Waals surface area contributed by atoms with E-state index in [9.17, 15) is 21.6 Å². The third-order valence-corrected chi connectivity index (χ3v) is 4.46. The summed E-state index contributed by atoms with van der Waals surface area (Å²) in [5, 5.41) is 0. The lowest BCUT2D eigenvalue weighted by Crippen LogP contribution is -2.26. The Morgan fingerprint density at radius 3 is 2.14 bits per heavy atom. The van der Waals surface area contributed by atoms with Crippen molar-refractivity contribution in [2.75, 3.05) is 6.54 Å². The monoisotopic (exact) mass is 328 g/mol. The number of hydrogen-bond acceptors (Lipinski definition) is 2. The van der Waals surface area contributed by atoms with Crippen LogP contribution in [0, 0.1) is 6.07 Å². The van der Waals surface area contributed by atoms with Crippen LogP contribution in [0.1, 0.15) is 11.1 Å². The third-order valence-electron chi connectivity index (χ3n) is 2.98. The Morgan fingerprint density at radius 2 is 1.59 bits per heavy atom. The number of halogens is 3. The maximum Gasteiger partial charge on any atom is 0.416 e. The lowest BCUT2D eigenvalue weighted by atomic mass is 10.2. The third kappa shape index (κ3) is 4.32. The molecule has 0 spiro atoms. The maximum atomic E-state index is 12.4. The van der Waals surface area contributed by atoms with Crippen molar-refractivity contribution in [1.29, 1.82) is 0 Å². The molecule has 0 saturated carbocycles. The smallest absolute Gasteiger partial charge is 0.211 e. The van der Waals surface area contributed by atoms with Gasteiger partial charge < -0.3 is 0 Å². The van der Waals surface area contributed by atoms with E-state index >= 15 is 0 Å². The van der Waals surface area contributed by atoms with Crippen molar-refractivity contribution in [3.05, 3.63) is 65.7 Å². The van der Waals surface area contributed by atoms with E-state index in [1.807, 2.05) is 12.1 Å². The molecule has 0 amide bonds. The van der Waals surface area contributed by atoms with E-state index in [1.54, 1.807) is 12.1 Å². The number of nitrogens with one attached hydrogen (secondary N) is 1. The molecule has 0 bridgehead atoms. The minimum absolute atomic E-state index is 0.160. The second kappa shape index (κ2) is 6.50. The molecule has 0 fully saturated rings. The van der Waals surface area contributed by atoms with Crippen LogP contribution in [0.2, 0.25) is 0 Å². The predicted octanol–water partition coefficient (Wildman–Crippen LogP) is 3.03. The molecule has 1 radical (unpaired) electrons. The zero-order chi connectivity index (χ0) is 16.2.